The molecule has 0 atom stereocenters. The first-order valence-corrected chi connectivity index (χ1v) is 8.26. The van der Waals surface area contributed by atoms with E-state index in [1.165, 1.54) is 0 Å². The maximum atomic E-state index is 5.77. The zero-order valence-corrected chi connectivity index (χ0v) is 10.7. The van der Waals surface area contributed by atoms with Crippen molar-refractivity contribution in [3.05, 3.63) is 24.0 Å². The molecule has 0 aliphatic heterocycles. The molecule has 0 heterocycles. The fraction of sp³-hybridized carbons (Fsp3) is 0.636. The van der Waals surface area contributed by atoms with Crippen molar-refractivity contribution < 1.29 is 4.43 Å². The third-order valence-corrected chi connectivity index (χ3v) is 2.23. The second-order valence-electron chi connectivity index (χ2n) is 4.62. The number of hydrogen-bond donors (Lipinski definition) is 0. The molecule has 0 amide bonds. The van der Waals surface area contributed by atoms with Crippen LogP contribution in [0.5, 0.6) is 0 Å². The van der Waals surface area contributed by atoms with Gasteiger partial charge in [0.05, 0.1) is 5.76 Å². The van der Waals surface area contributed by atoms with Gasteiger partial charge in [0.15, 0.2) is 0 Å². The number of hydrogen-bond acceptors (Lipinski definition) is 1. The predicted molar refractivity (Wildman–Crippen MR) is 62.2 cm³/mol. The highest BCUT2D eigenvalue weighted by molar-refractivity contribution is 6.70. The van der Waals surface area contributed by atoms with Crippen LogP contribution in [0.3, 0.4) is 0 Å². The van der Waals surface area contributed by atoms with Crippen LogP contribution in [-0.2, 0) is 4.43 Å². The summed E-state index contributed by atoms with van der Waals surface area (Å²) in [6, 6.07) is 0. The van der Waals surface area contributed by atoms with E-state index in [9.17, 15) is 0 Å². The van der Waals surface area contributed by atoms with Gasteiger partial charge in [0.25, 0.3) is 0 Å². The summed E-state index contributed by atoms with van der Waals surface area (Å²) in [5.74, 6) is 1.63. The number of rotatable bonds is 4. The van der Waals surface area contributed by atoms with Crippen molar-refractivity contribution in [2.45, 2.75) is 40.4 Å². The van der Waals surface area contributed by atoms with E-state index in [0.717, 1.165) is 5.76 Å². The lowest BCUT2D eigenvalue weighted by Gasteiger charge is -2.19. The van der Waals surface area contributed by atoms with E-state index in [1.54, 1.807) is 0 Å². The zero-order valence-electron chi connectivity index (χ0n) is 9.72. The van der Waals surface area contributed by atoms with E-state index in [-0.39, 0.29) is 0 Å². The summed E-state index contributed by atoms with van der Waals surface area (Å²) in [6.45, 7) is 12.9. The highest BCUT2D eigenvalue weighted by atomic mass is 28.4. The minimum absolute atomic E-state index is 0.607. The predicted octanol–water partition coefficient (Wildman–Crippen LogP) is 3.95. The molecule has 1 nitrogen and oxygen atoms in total. The molecule has 76 valence electrons. The van der Waals surface area contributed by atoms with Crippen molar-refractivity contribution in [1.29, 1.82) is 0 Å². The fourth-order valence-corrected chi connectivity index (χ4v) is 1.96. The fourth-order valence-electron chi connectivity index (χ4n) is 0.930. The Morgan fingerprint density at radius 2 is 1.77 bits per heavy atom. The minimum Gasteiger partial charge on any atom is -0.548 e. The highest BCUT2D eigenvalue weighted by Gasteiger charge is 2.15. The maximum absolute atomic E-state index is 5.77. The molecule has 0 saturated heterocycles. The van der Waals surface area contributed by atoms with Crippen molar-refractivity contribution in [3.63, 3.8) is 0 Å². The molecule has 0 N–H and O–H groups in total. The second-order valence-corrected chi connectivity index (χ2v) is 9.05. The summed E-state index contributed by atoms with van der Waals surface area (Å²) in [6.07, 6.45) is 6.27. The van der Waals surface area contributed by atoms with Crippen LogP contribution < -0.4 is 0 Å². The van der Waals surface area contributed by atoms with Crippen LogP contribution in [0.1, 0.15) is 20.8 Å². The molecule has 0 fully saturated rings. The monoisotopic (exact) mass is 198 g/mol. The minimum atomic E-state index is -1.40. The van der Waals surface area contributed by atoms with Crippen molar-refractivity contribution in [3.8, 4) is 0 Å². The van der Waals surface area contributed by atoms with Gasteiger partial charge in [0.1, 0.15) is 0 Å². The molecule has 0 rings (SSSR count). The Morgan fingerprint density at radius 1 is 1.23 bits per heavy atom. The molecule has 2 heteroatoms. The lowest BCUT2D eigenvalue weighted by molar-refractivity contribution is 0.424. The topological polar surface area (TPSA) is 9.23 Å². The van der Waals surface area contributed by atoms with E-state index >= 15 is 0 Å². The van der Waals surface area contributed by atoms with Gasteiger partial charge in [-0.2, -0.15) is 0 Å². The van der Waals surface area contributed by atoms with E-state index in [4.69, 9.17) is 4.43 Å². The van der Waals surface area contributed by atoms with Gasteiger partial charge >= 0.3 is 0 Å². The molecule has 0 unspecified atom stereocenters. The van der Waals surface area contributed by atoms with Crippen LogP contribution in [0, 0.1) is 5.92 Å². The summed E-state index contributed by atoms with van der Waals surface area (Å²) in [5, 5.41) is 0. The Balaban J connectivity index is 4.04. The summed E-state index contributed by atoms with van der Waals surface area (Å²) in [4.78, 5) is 0. The van der Waals surface area contributed by atoms with Crippen molar-refractivity contribution >= 4 is 8.32 Å². The molecule has 0 aliphatic rings. The molecule has 0 aromatic carbocycles. The summed E-state index contributed by atoms with van der Waals surface area (Å²) >= 11 is 0. The van der Waals surface area contributed by atoms with Gasteiger partial charge in [0.2, 0.25) is 8.32 Å². The van der Waals surface area contributed by atoms with Crippen LogP contribution in [-0.4, -0.2) is 8.32 Å². The maximum Gasteiger partial charge on any atom is 0.241 e. The first-order valence-electron chi connectivity index (χ1n) is 4.85. The van der Waals surface area contributed by atoms with Gasteiger partial charge in [-0.25, -0.2) is 0 Å². The van der Waals surface area contributed by atoms with Crippen molar-refractivity contribution in [2.75, 3.05) is 0 Å². The Morgan fingerprint density at radius 3 is 2.15 bits per heavy atom. The standard InChI is InChI=1S/C11H22OSi/c1-10(2)8-7-9-11(3)12-13(4,5)6/h7-10H,1-6H3/b8-7+,11-9+. The lowest BCUT2D eigenvalue weighted by atomic mass is 10.2. The third-order valence-electron chi connectivity index (χ3n) is 1.29. The largest absolute Gasteiger partial charge is 0.548 e. The molecule has 0 saturated carbocycles. The SMILES string of the molecule is C/C(=C\C=C\C(C)C)O[Si](C)(C)C. The summed E-state index contributed by atoms with van der Waals surface area (Å²) in [5.41, 5.74) is 0. The van der Waals surface area contributed by atoms with Gasteiger partial charge < -0.3 is 4.43 Å². The second kappa shape index (κ2) is 5.27. The average Bonchev–Trinajstić information content (AvgIpc) is 1.81. The van der Waals surface area contributed by atoms with Gasteiger partial charge in [-0.1, -0.05) is 26.0 Å². The number of allylic oxidation sites excluding steroid dienone is 4. The van der Waals surface area contributed by atoms with Crippen LogP contribution in [0.15, 0.2) is 24.0 Å². The molecule has 0 aromatic heterocycles. The van der Waals surface area contributed by atoms with Gasteiger partial charge in [0, 0.05) is 0 Å². The molecule has 0 aliphatic carbocycles. The van der Waals surface area contributed by atoms with Crippen LogP contribution in [0.25, 0.3) is 0 Å². The molecule has 0 aromatic rings. The average molecular weight is 198 g/mol. The van der Waals surface area contributed by atoms with Crippen molar-refractivity contribution in [2.24, 2.45) is 5.92 Å². The zero-order chi connectivity index (χ0) is 10.5. The molecular formula is C11H22OSi. The molecule has 13 heavy (non-hydrogen) atoms. The third kappa shape index (κ3) is 9.41. The van der Waals surface area contributed by atoms with Crippen LogP contribution in [0.2, 0.25) is 19.6 Å². The van der Waals surface area contributed by atoms with Crippen LogP contribution in [0.4, 0.5) is 0 Å². The molecule has 0 bridgehead atoms. The van der Waals surface area contributed by atoms with Gasteiger partial charge in [-0.05, 0) is 38.6 Å². The first-order chi connectivity index (χ1) is 5.81. The molecule has 0 spiro atoms. The van der Waals surface area contributed by atoms with E-state index in [1.807, 2.05) is 13.0 Å². The highest BCUT2D eigenvalue weighted by Crippen LogP contribution is 2.09. The van der Waals surface area contributed by atoms with Crippen LogP contribution >= 0.6 is 0 Å². The first kappa shape index (κ1) is 12.5. The lowest BCUT2D eigenvalue weighted by Crippen LogP contribution is -2.23. The smallest absolute Gasteiger partial charge is 0.241 e. The van der Waals surface area contributed by atoms with Crippen molar-refractivity contribution in [1.82, 2.24) is 0 Å². The van der Waals surface area contributed by atoms with Gasteiger partial charge in [-0.15, -0.1) is 0 Å². The quantitative estimate of drug-likeness (QED) is 0.377. The summed E-state index contributed by atoms with van der Waals surface area (Å²) in [7, 11) is -1.40. The Bertz CT molecular complexity index is 197. The molecular weight excluding hydrogens is 176 g/mol. The summed E-state index contributed by atoms with van der Waals surface area (Å²) < 4.78 is 5.77. The van der Waals surface area contributed by atoms with E-state index < -0.39 is 8.32 Å². The normalized spacial score (nSPS) is 14.2. The van der Waals surface area contributed by atoms with E-state index in [0.29, 0.717) is 5.92 Å². The Kier molecular flexibility index (Phi) is 5.07. The molecule has 0 radical (unpaired) electrons. The van der Waals surface area contributed by atoms with E-state index in [2.05, 4.69) is 45.6 Å². The Hall–Kier alpha value is -0.503. The van der Waals surface area contributed by atoms with Gasteiger partial charge in [-0.3, -0.25) is 0 Å². The Labute approximate surface area is 83.6 Å².